The number of likely N-dealkylation sites (tertiary alicyclic amines) is 2. The molecule has 2 aliphatic heterocycles. The van der Waals surface area contributed by atoms with Gasteiger partial charge in [-0.2, -0.15) is 13.2 Å². The summed E-state index contributed by atoms with van der Waals surface area (Å²) in [6.45, 7) is 1.35. The van der Waals surface area contributed by atoms with E-state index in [1.807, 2.05) is 0 Å². The quantitative estimate of drug-likeness (QED) is 0.410. The molecule has 0 bridgehead atoms. The summed E-state index contributed by atoms with van der Waals surface area (Å²) in [6, 6.07) is 10.9. The number of thiazole rings is 1. The molecule has 0 aliphatic carbocycles. The van der Waals surface area contributed by atoms with E-state index in [4.69, 9.17) is 0 Å². The maximum absolute atomic E-state index is 13.5. The predicted molar refractivity (Wildman–Crippen MR) is 143 cm³/mol. The second-order valence-corrected chi connectivity index (χ2v) is 11.0. The summed E-state index contributed by atoms with van der Waals surface area (Å²) in [5.74, 6) is -1.48. The number of carboxylic acid groups (broad SMARTS) is 1. The lowest BCUT2D eigenvalue weighted by molar-refractivity contribution is -0.143. The fourth-order valence-corrected chi connectivity index (χ4v) is 6.38. The molecule has 0 saturated carbocycles. The molecule has 0 spiro atoms. The monoisotopic (exact) mass is 571 g/mol. The lowest BCUT2D eigenvalue weighted by Gasteiger charge is -2.32. The second-order valence-electron chi connectivity index (χ2n) is 10.1. The van der Waals surface area contributed by atoms with Crippen molar-refractivity contribution in [3.8, 4) is 11.1 Å². The summed E-state index contributed by atoms with van der Waals surface area (Å²) in [6.07, 6.45) is -1.16. The highest BCUT2D eigenvalue weighted by Crippen LogP contribution is 2.34. The van der Waals surface area contributed by atoms with Crippen molar-refractivity contribution in [1.29, 1.82) is 0 Å². The van der Waals surface area contributed by atoms with Gasteiger partial charge in [-0.1, -0.05) is 30.3 Å². The van der Waals surface area contributed by atoms with Crippen LogP contribution in [0.2, 0.25) is 0 Å². The number of carbonyl (C=O) groups is 3. The minimum absolute atomic E-state index is 0.0670. The molecule has 210 valence electrons. The van der Waals surface area contributed by atoms with E-state index >= 15 is 0 Å². The van der Waals surface area contributed by atoms with Crippen molar-refractivity contribution in [2.45, 2.75) is 50.2 Å². The first kappa shape index (κ1) is 27.8. The first-order valence-electron chi connectivity index (χ1n) is 13.2. The Balaban J connectivity index is 1.25. The van der Waals surface area contributed by atoms with Crippen molar-refractivity contribution in [2.75, 3.05) is 19.6 Å². The van der Waals surface area contributed by atoms with Crippen LogP contribution in [0.3, 0.4) is 0 Å². The Kier molecular flexibility index (Phi) is 7.93. The number of carboxylic acids is 1. The van der Waals surface area contributed by atoms with Crippen LogP contribution in [-0.4, -0.2) is 63.4 Å². The van der Waals surface area contributed by atoms with Gasteiger partial charge in [0.2, 0.25) is 0 Å². The molecular weight excluding hydrogens is 543 g/mol. The fourth-order valence-electron chi connectivity index (χ4n) is 5.41. The zero-order valence-electron chi connectivity index (χ0n) is 21.6. The van der Waals surface area contributed by atoms with Crippen LogP contribution in [-0.2, 0) is 11.0 Å². The first-order chi connectivity index (χ1) is 19.1. The van der Waals surface area contributed by atoms with Crippen LogP contribution in [0.15, 0.2) is 53.9 Å². The van der Waals surface area contributed by atoms with Gasteiger partial charge in [0.15, 0.2) is 0 Å². The summed E-state index contributed by atoms with van der Waals surface area (Å²) < 4.78 is 39.0. The number of rotatable bonds is 5. The van der Waals surface area contributed by atoms with Gasteiger partial charge < -0.3 is 14.9 Å². The van der Waals surface area contributed by atoms with E-state index in [0.29, 0.717) is 55.6 Å². The number of aromatic nitrogens is 1. The SMILES string of the molecule is O=C(O)C1CCCCN1C(=O)c1csc(C2CCN(C(=O)c3ccccc3-c3ccc(C(F)(F)F)cc3)CC2)n1. The highest BCUT2D eigenvalue weighted by Gasteiger charge is 2.35. The van der Waals surface area contributed by atoms with Crippen molar-refractivity contribution >= 4 is 29.1 Å². The molecule has 11 heteroatoms. The molecule has 1 aromatic heterocycles. The van der Waals surface area contributed by atoms with Crippen LogP contribution in [0, 0.1) is 0 Å². The van der Waals surface area contributed by atoms with Crippen LogP contribution in [0.5, 0.6) is 0 Å². The maximum atomic E-state index is 13.5. The smallest absolute Gasteiger partial charge is 0.416 e. The van der Waals surface area contributed by atoms with E-state index in [-0.39, 0.29) is 23.4 Å². The Morgan fingerprint density at radius 2 is 1.60 bits per heavy atom. The molecule has 2 amide bonds. The lowest BCUT2D eigenvalue weighted by Crippen LogP contribution is -2.48. The van der Waals surface area contributed by atoms with E-state index in [1.165, 1.54) is 28.4 Å². The van der Waals surface area contributed by atoms with E-state index in [1.54, 1.807) is 34.5 Å². The van der Waals surface area contributed by atoms with Gasteiger partial charge in [0.25, 0.3) is 11.8 Å². The molecule has 1 unspecified atom stereocenters. The Hall–Kier alpha value is -3.73. The molecule has 40 heavy (non-hydrogen) atoms. The number of nitrogens with zero attached hydrogens (tertiary/aromatic N) is 3. The summed E-state index contributed by atoms with van der Waals surface area (Å²) in [4.78, 5) is 45.8. The standard InChI is InChI=1S/C29H28F3N3O4S/c30-29(31,32)20-10-8-18(9-11-20)21-5-1-2-6-22(21)26(36)34-15-12-19(13-16-34)25-33-23(17-40-25)27(37)35-14-4-3-7-24(35)28(38)39/h1-2,5-6,8-11,17,19,24H,3-4,7,12-16H2,(H,38,39). The topological polar surface area (TPSA) is 90.8 Å². The second kappa shape index (κ2) is 11.4. The molecule has 7 nitrogen and oxygen atoms in total. The molecule has 1 atom stereocenters. The average molecular weight is 572 g/mol. The van der Waals surface area contributed by atoms with Crippen LogP contribution in [0.4, 0.5) is 13.2 Å². The predicted octanol–water partition coefficient (Wildman–Crippen LogP) is 5.93. The Morgan fingerprint density at radius 3 is 2.27 bits per heavy atom. The van der Waals surface area contributed by atoms with Gasteiger partial charge >= 0.3 is 12.1 Å². The number of alkyl halides is 3. The molecule has 1 N–H and O–H groups in total. The van der Waals surface area contributed by atoms with Gasteiger partial charge in [-0.15, -0.1) is 11.3 Å². The number of hydrogen-bond acceptors (Lipinski definition) is 5. The normalized spacial score (nSPS) is 18.5. The number of hydrogen-bond donors (Lipinski definition) is 1. The van der Waals surface area contributed by atoms with Gasteiger partial charge in [-0.05, 0) is 61.4 Å². The van der Waals surface area contributed by atoms with Crippen LogP contribution in [0.25, 0.3) is 11.1 Å². The van der Waals surface area contributed by atoms with Crippen LogP contribution < -0.4 is 0 Å². The zero-order valence-corrected chi connectivity index (χ0v) is 22.4. The van der Waals surface area contributed by atoms with Gasteiger partial charge in [0.05, 0.1) is 10.6 Å². The maximum Gasteiger partial charge on any atom is 0.416 e. The molecule has 2 fully saturated rings. The minimum Gasteiger partial charge on any atom is -0.480 e. The van der Waals surface area contributed by atoms with E-state index in [9.17, 15) is 32.7 Å². The van der Waals surface area contributed by atoms with Crippen LogP contribution in [0.1, 0.15) is 69.4 Å². The van der Waals surface area contributed by atoms with Gasteiger partial charge in [-0.3, -0.25) is 9.59 Å². The van der Waals surface area contributed by atoms with Crippen molar-refractivity contribution < 1.29 is 32.7 Å². The largest absolute Gasteiger partial charge is 0.480 e. The van der Waals surface area contributed by atoms with Crippen molar-refractivity contribution in [3.05, 3.63) is 75.7 Å². The highest BCUT2D eigenvalue weighted by molar-refractivity contribution is 7.09. The Bertz CT molecular complexity index is 1400. The fraction of sp³-hybridized carbons (Fsp3) is 0.379. The van der Waals surface area contributed by atoms with E-state index in [2.05, 4.69) is 4.98 Å². The van der Waals surface area contributed by atoms with Crippen molar-refractivity contribution in [3.63, 3.8) is 0 Å². The third-order valence-electron chi connectivity index (χ3n) is 7.60. The number of piperidine rings is 2. The highest BCUT2D eigenvalue weighted by atomic mass is 32.1. The van der Waals surface area contributed by atoms with E-state index < -0.39 is 23.8 Å². The number of amides is 2. The van der Waals surface area contributed by atoms with Gasteiger partial charge in [0.1, 0.15) is 11.7 Å². The summed E-state index contributed by atoms with van der Waals surface area (Å²) in [5.41, 5.74) is 1.05. The van der Waals surface area contributed by atoms with Crippen molar-refractivity contribution in [2.24, 2.45) is 0 Å². The molecule has 5 rings (SSSR count). The Morgan fingerprint density at radius 1 is 0.900 bits per heavy atom. The Labute approximate surface area is 233 Å². The zero-order chi connectivity index (χ0) is 28.4. The van der Waals surface area contributed by atoms with Crippen molar-refractivity contribution in [1.82, 2.24) is 14.8 Å². The summed E-state index contributed by atoms with van der Waals surface area (Å²) in [7, 11) is 0. The summed E-state index contributed by atoms with van der Waals surface area (Å²) in [5, 5.41) is 12.0. The molecule has 2 saturated heterocycles. The molecular formula is C29H28F3N3O4S. The molecule has 3 aromatic rings. The summed E-state index contributed by atoms with van der Waals surface area (Å²) >= 11 is 1.38. The van der Waals surface area contributed by atoms with Gasteiger partial charge in [-0.25, -0.2) is 9.78 Å². The lowest BCUT2D eigenvalue weighted by atomic mass is 9.94. The molecule has 3 heterocycles. The average Bonchev–Trinajstić information content (AvgIpc) is 3.46. The number of halogens is 3. The van der Waals surface area contributed by atoms with Crippen LogP contribution >= 0.6 is 11.3 Å². The number of carbonyl (C=O) groups excluding carboxylic acids is 2. The van der Waals surface area contributed by atoms with E-state index in [0.717, 1.165) is 30.0 Å². The molecule has 0 radical (unpaired) electrons. The third kappa shape index (κ3) is 5.74. The molecule has 2 aromatic carbocycles. The minimum atomic E-state index is -4.43. The number of benzene rings is 2. The first-order valence-corrected chi connectivity index (χ1v) is 14.1. The molecule has 2 aliphatic rings. The third-order valence-corrected chi connectivity index (χ3v) is 8.61. The van der Waals surface area contributed by atoms with Gasteiger partial charge in [0, 0.05) is 36.5 Å². The number of aliphatic carboxylic acids is 1.